The third-order valence-electron chi connectivity index (χ3n) is 3.75. The maximum Gasteiger partial charge on any atom is 0.354 e. The molecule has 1 aromatic carbocycles. The molecule has 2 aromatic heterocycles. The van der Waals surface area contributed by atoms with Gasteiger partial charge in [-0.25, -0.2) is 4.79 Å². The maximum absolute atomic E-state index is 12.2. The molecule has 0 spiro atoms. The number of amides is 1. The molecule has 0 unspecified atom stereocenters. The van der Waals surface area contributed by atoms with Crippen molar-refractivity contribution in [3.8, 4) is 0 Å². The van der Waals surface area contributed by atoms with Gasteiger partial charge in [-0.1, -0.05) is 29.8 Å². The molecule has 10 heteroatoms. The van der Waals surface area contributed by atoms with Crippen LogP contribution in [0.2, 0.25) is 5.02 Å². The second-order valence-electron chi connectivity index (χ2n) is 5.66. The fourth-order valence-electron chi connectivity index (χ4n) is 2.46. The number of carbonyl (C=O) groups excluding carboxylic acids is 1. The van der Waals surface area contributed by atoms with Crippen LogP contribution in [0.1, 0.15) is 22.5 Å². The van der Waals surface area contributed by atoms with Crippen LogP contribution in [0.4, 0.5) is 5.82 Å². The molecule has 8 nitrogen and oxygen atoms in total. The van der Waals surface area contributed by atoms with Gasteiger partial charge in [0, 0.05) is 23.8 Å². The van der Waals surface area contributed by atoms with E-state index in [9.17, 15) is 9.59 Å². The first kappa shape index (κ1) is 19.1. The highest BCUT2D eigenvalue weighted by Crippen LogP contribution is 2.22. The molecule has 0 aliphatic heterocycles. The number of halogens is 2. The van der Waals surface area contributed by atoms with E-state index in [1.165, 1.54) is 16.9 Å². The monoisotopic (exact) mass is 451 g/mol. The third-order valence-corrected chi connectivity index (χ3v) is 4.70. The van der Waals surface area contributed by atoms with Crippen LogP contribution in [0.25, 0.3) is 0 Å². The number of aryl methyl sites for hydroxylation is 1. The average molecular weight is 453 g/mol. The zero-order valence-corrected chi connectivity index (χ0v) is 16.3. The van der Waals surface area contributed by atoms with Gasteiger partial charge in [-0.2, -0.15) is 10.2 Å². The van der Waals surface area contributed by atoms with Crippen molar-refractivity contribution in [1.82, 2.24) is 19.6 Å². The summed E-state index contributed by atoms with van der Waals surface area (Å²) in [7, 11) is 0. The Labute approximate surface area is 167 Å². The molecule has 0 fully saturated rings. The lowest BCUT2D eigenvalue weighted by molar-refractivity contribution is -0.116. The Hall–Kier alpha value is -2.65. The predicted octanol–water partition coefficient (Wildman–Crippen LogP) is 3.27. The summed E-state index contributed by atoms with van der Waals surface area (Å²) in [5, 5.41) is 20.6. The van der Waals surface area contributed by atoms with Crippen molar-refractivity contribution in [2.75, 3.05) is 5.32 Å². The Kier molecular flexibility index (Phi) is 5.92. The van der Waals surface area contributed by atoms with E-state index in [1.807, 2.05) is 18.2 Å². The lowest BCUT2D eigenvalue weighted by atomic mass is 10.2. The van der Waals surface area contributed by atoms with Crippen LogP contribution in [-0.4, -0.2) is 36.5 Å². The second-order valence-corrected chi connectivity index (χ2v) is 6.92. The Morgan fingerprint density at radius 2 is 2.04 bits per heavy atom. The molecule has 3 aromatic rings. The van der Waals surface area contributed by atoms with Gasteiger partial charge in [0.25, 0.3) is 0 Å². The lowest BCUT2D eigenvalue weighted by Crippen LogP contribution is -2.18. The topological polar surface area (TPSA) is 102 Å². The number of benzene rings is 1. The van der Waals surface area contributed by atoms with E-state index < -0.39 is 5.97 Å². The highest BCUT2D eigenvalue weighted by Gasteiger charge is 2.14. The molecule has 0 saturated carbocycles. The first-order valence-corrected chi connectivity index (χ1v) is 9.12. The molecule has 3 rings (SSSR count). The van der Waals surface area contributed by atoms with Crippen molar-refractivity contribution in [1.29, 1.82) is 0 Å². The number of aromatic carboxylic acids is 1. The van der Waals surface area contributed by atoms with Crippen molar-refractivity contribution < 1.29 is 14.7 Å². The van der Waals surface area contributed by atoms with Crippen LogP contribution in [0, 0.1) is 0 Å². The van der Waals surface area contributed by atoms with Crippen LogP contribution < -0.4 is 5.32 Å². The van der Waals surface area contributed by atoms with E-state index in [2.05, 4.69) is 31.4 Å². The van der Waals surface area contributed by atoms with Gasteiger partial charge in [-0.3, -0.25) is 14.2 Å². The first-order valence-electron chi connectivity index (χ1n) is 7.95. The summed E-state index contributed by atoms with van der Waals surface area (Å²) in [5.74, 6) is -1.01. The molecule has 1 amide bonds. The fraction of sp³-hybridized carbons (Fsp3) is 0.176. The van der Waals surface area contributed by atoms with Crippen molar-refractivity contribution in [3.05, 3.63) is 63.5 Å². The number of rotatable bonds is 7. The average Bonchev–Trinajstić information content (AvgIpc) is 3.22. The van der Waals surface area contributed by atoms with Gasteiger partial charge in [-0.15, -0.1) is 0 Å². The smallest absolute Gasteiger partial charge is 0.354 e. The quantitative estimate of drug-likeness (QED) is 0.573. The lowest BCUT2D eigenvalue weighted by Gasteiger charge is -2.06. The molecule has 140 valence electrons. The summed E-state index contributed by atoms with van der Waals surface area (Å²) in [6.07, 6.45) is 3.19. The zero-order chi connectivity index (χ0) is 19.4. The summed E-state index contributed by atoms with van der Waals surface area (Å²) < 4.78 is 3.57. The SMILES string of the molecule is O=C(CCn1nccc1C(=O)O)Nc1nn(Cc2ccccc2Cl)cc1Br. The minimum Gasteiger partial charge on any atom is -0.477 e. The molecule has 0 aliphatic carbocycles. The molecule has 0 saturated heterocycles. The first-order chi connectivity index (χ1) is 12.9. The van der Waals surface area contributed by atoms with Crippen LogP contribution in [0.15, 0.2) is 47.2 Å². The Morgan fingerprint density at radius 3 is 2.78 bits per heavy atom. The Bertz CT molecular complexity index is 985. The summed E-state index contributed by atoms with van der Waals surface area (Å²) in [6, 6.07) is 8.83. The van der Waals surface area contributed by atoms with E-state index in [4.69, 9.17) is 16.7 Å². The number of nitrogens with one attached hydrogen (secondary N) is 1. The van der Waals surface area contributed by atoms with Gasteiger partial charge >= 0.3 is 5.97 Å². The molecular formula is C17H15BrClN5O3. The van der Waals surface area contributed by atoms with Crippen molar-refractivity contribution in [2.45, 2.75) is 19.5 Å². The van der Waals surface area contributed by atoms with Crippen molar-refractivity contribution in [2.24, 2.45) is 0 Å². The molecular weight excluding hydrogens is 438 g/mol. The van der Waals surface area contributed by atoms with Gasteiger partial charge in [0.2, 0.25) is 5.91 Å². The normalized spacial score (nSPS) is 10.7. The number of carboxylic acid groups (broad SMARTS) is 1. The standard InChI is InChI=1S/C17H15BrClN5O3/c18-12-10-23(9-11-3-1-2-4-13(11)19)22-16(12)21-15(25)6-8-24-14(17(26)27)5-7-20-24/h1-5,7,10H,6,8-9H2,(H,26,27)(H,21,22,25). The number of carboxylic acids is 1. The number of nitrogens with zero attached hydrogens (tertiary/aromatic N) is 4. The molecule has 2 N–H and O–H groups in total. The van der Waals surface area contributed by atoms with Crippen molar-refractivity contribution >= 4 is 45.2 Å². The summed E-state index contributed by atoms with van der Waals surface area (Å²) >= 11 is 9.53. The molecule has 0 radical (unpaired) electrons. The minimum atomic E-state index is -1.09. The molecule has 27 heavy (non-hydrogen) atoms. The number of carbonyl (C=O) groups is 2. The molecule has 0 aliphatic rings. The Morgan fingerprint density at radius 1 is 1.26 bits per heavy atom. The zero-order valence-electron chi connectivity index (χ0n) is 14.0. The summed E-state index contributed by atoms with van der Waals surface area (Å²) in [4.78, 5) is 23.2. The second kappa shape index (κ2) is 8.36. The van der Waals surface area contributed by atoms with Gasteiger partial charge in [0.15, 0.2) is 5.82 Å². The number of aromatic nitrogens is 4. The largest absolute Gasteiger partial charge is 0.477 e. The van der Waals surface area contributed by atoms with Crippen LogP contribution in [-0.2, 0) is 17.9 Å². The number of hydrogen-bond donors (Lipinski definition) is 2. The highest BCUT2D eigenvalue weighted by molar-refractivity contribution is 9.10. The highest BCUT2D eigenvalue weighted by atomic mass is 79.9. The fourth-order valence-corrected chi connectivity index (χ4v) is 3.07. The number of anilines is 1. The van der Waals surface area contributed by atoms with Crippen LogP contribution in [0.3, 0.4) is 0 Å². The van der Waals surface area contributed by atoms with Gasteiger partial charge in [0.05, 0.1) is 17.6 Å². The molecule has 0 bridgehead atoms. The summed E-state index contributed by atoms with van der Waals surface area (Å²) in [5.41, 5.74) is 0.944. The van der Waals surface area contributed by atoms with E-state index in [-0.39, 0.29) is 24.6 Å². The maximum atomic E-state index is 12.2. The van der Waals surface area contributed by atoms with Crippen LogP contribution in [0.5, 0.6) is 0 Å². The van der Waals surface area contributed by atoms with E-state index >= 15 is 0 Å². The van der Waals surface area contributed by atoms with Gasteiger partial charge in [0.1, 0.15) is 5.69 Å². The van der Waals surface area contributed by atoms with E-state index in [0.717, 1.165) is 5.56 Å². The van der Waals surface area contributed by atoms with Crippen molar-refractivity contribution in [3.63, 3.8) is 0 Å². The minimum absolute atomic E-state index is 0.0352. The van der Waals surface area contributed by atoms with Crippen LogP contribution >= 0.6 is 27.5 Å². The number of hydrogen-bond acceptors (Lipinski definition) is 4. The van der Waals surface area contributed by atoms with Gasteiger partial charge in [-0.05, 0) is 33.6 Å². The van der Waals surface area contributed by atoms with E-state index in [1.54, 1.807) is 16.9 Å². The third kappa shape index (κ3) is 4.75. The molecule has 2 heterocycles. The predicted molar refractivity (Wildman–Crippen MR) is 103 cm³/mol. The summed E-state index contributed by atoms with van der Waals surface area (Å²) in [6.45, 7) is 0.613. The van der Waals surface area contributed by atoms with Gasteiger partial charge < -0.3 is 10.4 Å². The van der Waals surface area contributed by atoms with E-state index in [0.29, 0.717) is 21.9 Å². The Balaban J connectivity index is 1.61. The molecule has 0 atom stereocenters.